The molecule has 1 N–H and O–H groups in total. The molecule has 0 bridgehead atoms. The minimum absolute atomic E-state index is 0.272. The van der Waals surface area contributed by atoms with E-state index in [4.69, 9.17) is 28.4 Å². The number of nitrogens with one attached hydrogen (secondary N) is 1. The number of rotatable bonds is 22. The van der Waals surface area contributed by atoms with E-state index >= 15 is 0 Å². The second-order valence-electron chi connectivity index (χ2n) is 9.48. The predicted octanol–water partition coefficient (Wildman–Crippen LogP) is 6.03. The Balaban J connectivity index is 1.53. The maximum Gasteiger partial charge on any atom is 0.407 e. The maximum atomic E-state index is 12.4. The quantitative estimate of drug-likeness (QED) is 0.104. The lowest BCUT2D eigenvalue weighted by Crippen LogP contribution is -2.28. The predicted molar refractivity (Wildman–Crippen MR) is 157 cm³/mol. The SMILES string of the molecule is C=C(C)C(=O)OCCCCCNC(=O)OC(COCCCCOCCCOc1cccc(OC)c1)c1ccccc1. The van der Waals surface area contributed by atoms with Gasteiger partial charge in [-0.1, -0.05) is 43.0 Å². The van der Waals surface area contributed by atoms with Gasteiger partial charge in [0.25, 0.3) is 0 Å². The first kappa shape index (κ1) is 33.6. The van der Waals surface area contributed by atoms with Crippen molar-refractivity contribution >= 4 is 12.1 Å². The molecule has 9 nitrogen and oxygen atoms in total. The molecule has 9 heteroatoms. The van der Waals surface area contributed by atoms with Crippen molar-refractivity contribution in [3.63, 3.8) is 0 Å². The van der Waals surface area contributed by atoms with E-state index in [0.29, 0.717) is 45.2 Å². The van der Waals surface area contributed by atoms with Crippen LogP contribution in [0.15, 0.2) is 66.7 Å². The highest BCUT2D eigenvalue weighted by atomic mass is 16.6. The van der Waals surface area contributed by atoms with Crippen LogP contribution in [0.4, 0.5) is 4.79 Å². The van der Waals surface area contributed by atoms with Crippen molar-refractivity contribution in [1.82, 2.24) is 5.32 Å². The first-order valence-electron chi connectivity index (χ1n) is 14.2. The van der Waals surface area contributed by atoms with Crippen LogP contribution in [0.5, 0.6) is 11.5 Å². The van der Waals surface area contributed by atoms with Gasteiger partial charge < -0.3 is 33.7 Å². The van der Waals surface area contributed by atoms with E-state index in [1.54, 1.807) is 14.0 Å². The molecule has 0 saturated heterocycles. The van der Waals surface area contributed by atoms with Gasteiger partial charge in [0.15, 0.2) is 6.10 Å². The summed E-state index contributed by atoms with van der Waals surface area (Å²) in [7, 11) is 1.63. The number of alkyl carbamates (subject to hydrolysis) is 1. The number of benzene rings is 2. The highest BCUT2D eigenvalue weighted by Gasteiger charge is 2.17. The molecule has 2 aromatic rings. The summed E-state index contributed by atoms with van der Waals surface area (Å²) in [5.74, 6) is 1.18. The Morgan fingerprint density at radius 3 is 2.27 bits per heavy atom. The zero-order valence-corrected chi connectivity index (χ0v) is 24.4. The average molecular weight is 572 g/mol. The molecule has 226 valence electrons. The molecule has 0 heterocycles. The van der Waals surface area contributed by atoms with Crippen molar-refractivity contribution in [3.05, 3.63) is 72.3 Å². The number of carbonyl (C=O) groups is 2. The van der Waals surface area contributed by atoms with Gasteiger partial charge in [-0.05, 0) is 56.7 Å². The Morgan fingerprint density at radius 2 is 1.51 bits per heavy atom. The molecule has 0 spiro atoms. The summed E-state index contributed by atoms with van der Waals surface area (Å²) >= 11 is 0. The smallest absolute Gasteiger partial charge is 0.407 e. The van der Waals surface area contributed by atoms with Crippen LogP contribution in [0.2, 0.25) is 0 Å². The van der Waals surface area contributed by atoms with E-state index in [2.05, 4.69) is 11.9 Å². The monoisotopic (exact) mass is 571 g/mol. The molecule has 1 unspecified atom stereocenters. The van der Waals surface area contributed by atoms with Gasteiger partial charge in [-0.2, -0.15) is 0 Å². The molecule has 2 aromatic carbocycles. The van der Waals surface area contributed by atoms with Gasteiger partial charge in [-0.3, -0.25) is 0 Å². The first-order chi connectivity index (χ1) is 20.0. The summed E-state index contributed by atoms with van der Waals surface area (Å²) < 4.78 is 33.1. The second kappa shape index (κ2) is 21.2. The van der Waals surface area contributed by atoms with Gasteiger partial charge >= 0.3 is 12.1 Å². The van der Waals surface area contributed by atoms with Crippen LogP contribution in [0, 0.1) is 0 Å². The van der Waals surface area contributed by atoms with E-state index < -0.39 is 12.2 Å². The molecule has 0 aliphatic carbocycles. The van der Waals surface area contributed by atoms with Crippen molar-refractivity contribution in [1.29, 1.82) is 0 Å². The molecule has 41 heavy (non-hydrogen) atoms. The van der Waals surface area contributed by atoms with Crippen molar-refractivity contribution < 1.29 is 38.0 Å². The third-order valence-corrected chi connectivity index (χ3v) is 5.93. The Labute approximate surface area is 244 Å². The summed E-state index contributed by atoms with van der Waals surface area (Å²) in [6.45, 7) is 8.67. The Bertz CT molecular complexity index is 1010. The Hall–Kier alpha value is -3.56. The zero-order chi connectivity index (χ0) is 29.5. The normalized spacial score (nSPS) is 11.4. The molecular weight excluding hydrogens is 526 g/mol. The van der Waals surface area contributed by atoms with Gasteiger partial charge in [-0.15, -0.1) is 0 Å². The molecule has 0 aromatic heterocycles. The lowest BCUT2D eigenvalue weighted by atomic mass is 10.1. The fraction of sp³-hybridized carbons (Fsp3) is 0.500. The van der Waals surface area contributed by atoms with Crippen molar-refractivity contribution in [2.45, 2.75) is 51.6 Å². The molecule has 1 atom stereocenters. The van der Waals surface area contributed by atoms with Crippen LogP contribution in [-0.2, 0) is 23.7 Å². The van der Waals surface area contributed by atoms with E-state index in [1.165, 1.54) is 0 Å². The van der Waals surface area contributed by atoms with E-state index in [1.807, 2.05) is 54.6 Å². The Morgan fingerprint density at radius 1 is 0.805 bits per heavy atom. The second-order valence-corrected chi connectivity index (χ2v) is 9.48. The topological polar surface area (TPSA) is 102 Å². The average Bonchev–Trinajstić information content (AvgIpc) is 2.99. The molecular formula is C32H45NO8. The summed E-state index contributed by atoms with van der Waals surface area (Å²) in [6, 6.07) is 17.1. The molecule has 1 amide bonds. The zero-order valence-electron chi connectivity index (χ0n) is 24.4. The largest absolute Gasteiger partial charge is 0.497 e. The van der Waals surface area contributed by atoms with E-state index in [0.717, 1.165) is 55.6 Å². The third kappa shape index (κ3) is 15.7. The van der Waals surface area contributed by atoms with Gasteiger partial charge in [0.1, 0.15) is 11.5 Å². The summed E-state index contributed by atoms with van der Waals surface area (Å²) in [5.41, 5.74) is 1.26. The number of methoxy groups -OCH3 is 1. The Kier molecular flexibility index (Phi) is 17.4. The summed E-state index contributed by atoms with van der Waals surface area (Å²) in [4.78, 5) is 23.7. The standard InChI is InChI=1S/C32H45NO8/c1-26(2)31(34)40-22-9-5-8-18-33-32(35)41-30(27-14-6-4-7-15-27)25-38-20-11-10-19-37-21-13-23-39-29-17-12-16-28(24-29)36-3/h4,6-7,12,14-17,24,30H,1,5,8-11,13,18-23,25H2,2-3H3,(H,33,35). The van der Waals surface area contributed by atoms with Crippen LogP contribution < -0.4 is 14.8 Å². The maximum absolute atomic E-state index is 12.4. The lowest BCUT2D eigenvalue weighted by Gasteiger charge is -2.19. The van der Waals surface area contributed by atoms with Gasteiger partial charge in [0.2, 0.25) is 0 Å². The van der Waals surface area contributed by atoms with Crippen molar-refractivity contribution in [3.8, 4) is 11.5 Å². The summed E-state index contributed by atoms with van der Waals surface area (Å²) in [5, 5.41) is 2.78. The van der Waals surface area contributed by atoms with Crippen LogP contribution >= 0.6 is 0 Å². The highest BCUT2D eigenvalue weighted by molar-refractivity contribution is 5.86. The van der Waals surface area contributed by atoms with Gasteiger partial charge in [0, 0.05) is 44.4 Å². The summed E-state index contributed by atoms with van der Waals surface area (Å²) in [6.07, 6.45) is 3.82. The highest BCUT2D eigenvalue weighted by Crippen LogP contribution is 2.19. The van der Waals surface area contributed by atoms with Gasteiger partial charge in [0.05, 0.1) is 26.9 Å². The molecule has 0 aliphatic heterocycles. The van der Waals surface area contributed by atoms with Crippen LogP contribution in [0.1, 0.15) is 57.1 Å². The fourth-order valence-electron chi connectivity index (χ4n) is 3.66. The number of hydrogen-bond donors (Lipinski definition) is 1. The number of amides is 1. The minimum Gasteiger partial charge on any atom is -0.497 e. The third-order valence-electron chi connectivity index (χ3n) is 5.93. The van der Waals surface area contributed by atoms with Crippen molar-refractivity contribution in [2.24, 2.45) is 0 Å². The number of ether oxygens (including phenoxy) is 6. The molecule has 0 saturated carbocycles. The lowest BCUT2D eigenvalue weighted by molar-refractivity contribution is -0.139. The van der Waals surface area contributed by atoms with Gasteiger partial charge in [-0.25, -0.2) is 9.59 Å². The minimum atomic E-state index is -0.501. The number of hydrogen-bond acceptors (Lipinski definition) is 8. The van der Waals surface area contributed by atoms with Crippen LogP contribution in [0.3, 0.4) is 0 Å². The van der Waals surface area contributed by atoms with E-state index in [-0.39, 0.29) is 12.6 Å². The number of carbonyl (C=O) groups excluding carboxylic acids is 2. The van der Waals surface area contributed by atoms with Crippen LogP contribution in [0.25, 0.3) is 0 Å². The van der Waals surface area contributed by atoms with Crippen molar-refractivity contribution in [2.75, 3.05) is 53.3 Å². The number of esters is 1. The molecule has 0 radical (unpaired) electrons. The fourth-order valence-corrected chi connectivity index (χ4v) is 3.66. The molecule has 2 rings (SSSR count). The first-order valence-corrected chi connectivity index (χ1v) is 14.2. The molecule has 0 aliphatic rings. The molecule has 0 fully saturated rings. The van der Waals surface area contributed by atoms with E-state index in [9.17, 15) is 9.59 Å². The number of unbranched alkanes of at least 4 members (excludes halogenated alkanes) is 3. The van der Waals surface area contributed by atoms with Crippen LogP contribution in [-0.4, -0.2) is 65.4 Å².